The Morgan fingerprint density at radius 2 is 1.91 bits per heavy atom. The first-order valence-corrected chi connectivity index (χ1v) is 3.41. The molecule has 2 heteroatoms. The molecule has 62 valence electrons. The number of rotatable bonds is 4. The normalized spacial score (nSPS) is 12.8. The Balaban J connectivity index is 3.81. The van der Waals surface area contributed by atoms with E-state index in [0.717, 1.165) is 5.76 Å². The van der Waals surface area contributed by atoms with Crippen LogP contribution >= 0.6 is 0 Å². The van der Waals surface area contributed by atoms with Crippen molar-refractivity contribution in [3.05, 3.63) is 36.3 Å². The largest absolute Gasteiger partial charge is 0.504 e. The van der Waals surface area contributed by atoms with Gasteiger partial charge < -0.3 is 9.47 Å². The monoisotopic (exact) mass is 154 g/mol. The van der Waals surface area contributed by atoms with E-state index >= 15 is 0 Å². The van der Waals surface area contributed by atoms with Gasteiger partial charge in [-0.1, -0.05) is 6.08 Å². The Bertz CT molecular complexity index is 166. The minimum atomic E-state index is 0.839. The van der Waals surface area contributed by atoms with Gasteiger partial charge in [0.15, 0.2) is 0 Å². The van der Waals surface area contributed by atoms with Crippen molar-refractivity contribution in [2.24, 2.45) is 0 Å². The highest BCUT2D eigenvalue weighted by Crippen LogP contribution is 1.96. The number of allylic oxidation sites excluding steroid dienone is 4. The van der Waals surface area contributed by atoms with E-state index in [9.17, 15) is 0 Å². The van der Waals surface area contributed by atoms with Crippen LogP contribution in [0, 0.1) is 0 Å². The lowest BCUT2D eigenvalue weighted by Crippen LogP contribution is -1.78. The van der Waals surface area contributed by atoms with Crippen molar-refractivity contribution in [3.8, 4) is 0 Å². The summed E-state index contributed by atoms with van der Waals surface area (Å²) in [6, 6.07) is 0. The van der Waals surface area contributed by atoms with Crippen molar-refractivity contribution >= 4 is 0 Å². The van der Waals surface area contributed by atoms with Crippen LogP contribution in [0.3, 0.4) is 0 Å². The molecular weight excluding hydrogens is 140 g/mol. The molecule has 0 aromatic rings. The third-order valence-electron chi connectivity index (χ3n) is 1.11. The summed E-state index contributed by atoms with van der Waals surface area (Å²) in [7, 11) is 3.25. The van der Waals surface area contributed by atoms with Crippen molar-refractivity contribution < 1.29 is 9.47 Å². The van der Waals surface area contributed by atoms with Crippen LogP contribution in [0.4, 0.5) is 0 Å². The summed E-state index contributed by atoms with van der Waals surface area (Å²) in [6.07, 6.45) is 8.98. The second-order valence-electron chi connectivity index (χ2n) is 1.82. The van der Waals surface area contributed by atoms with Gasteiger partial charge in [-0.3, -0.25) is 0 Å². The molecule has 0 aliphatic rings. The van der Waals surface area contributed by atoms with E-state index in [1.165, 1.54) is 0 Å². The number of methoxy groups -OCH3 is 2. The fraction of sp³-hybridized carbons (Fsp3) is 0.333. The summed E-state index contributed by atoms with van der Waals surface area (Å²) in [4.78, 5) is 0. The molecule has 0 bridgehead atoms. The van der Waals surface area contributed by atoms with E-state index in [4.69, 9.17) is 9.47 Å². The van der Waals surface area contributed by atoms with Crippen LogP contribution < -0.4 is 0 Å². The first kappa shape index (κ1) is 9.82. The second-order valence-corrected chi connectivity index (χ2v) is 1.82. The quantitative estimate of drug-likeness (QED) is 0.456. The van der Waals surface area contributed by atoms with Crippen LogP contribution in [-0.2, 0) is 9.47 Å². The average molecular weight is 154 g/mol. The zero-order chi connectivity index (χ0) is 8.53. The Hall–Kier alpha value is -1.18. The van der Waals surface area contributed by atoms with Crippen LogP contribution in [0.5, 0.6) is 0 Å². The standard InChI is InChI=1S/C9H14O2/c1-4-9(11-3)7-5-6-8-10-2/h4-8H,1-3H3/b7-5-,8-6+,9-4-. The van der Waals surface area contributed by atoms with Gasteiger partial charge in [0.1, 0.15) is 5.76 Å². The summed E-state index contributed by atoms with van der Waals surface area (Å²) in [5.41, 5.74) is 0. The van der Waals surface area contributed by atoms with E-state index in [1.54, 1.807) is 26.6 Å². The number of hydrogen-bond donors (Lipinski definition) is 0. The zero-order valence-electron chi connectivity index (χ0n) is 7.20. The number of hydrogen-bond acceptors (Lipinski definition) is 2. The molecule has 0 unspecified atom stereocenters. The molecule has 0 rings (SSSR count). The third-order valence-corrected chi connectivity index (χ3v) is 1.11. The lowest BCUT2D eigenvalue weighted by molar-refractivity contribution is 0.306. The predicted octanol–water partition coefficient (Wildman–Crippen LogP) is 2.25. The molecule has 0 atom stereocenters. The lowest BCUT2D eigenvalue weighted by atomic mass is 10.4. The minimum absolute atomic E-state index is 0.839. The van der Waals surface area contributed by atoms with E-state index < -0.39 is 0 Å². The summed E-state index contributed by atoms with van der Waals surface area (Å²) >= 11 is 0. The summed E-state index contributed by atoms with van der Waals surface area (Å²) in [5.74, 6) is 0.839. The van der Waals surface area contributed by atoms with E-state index in [-0.39, 0.29) is 0 Å². The van der Waals surface area contributed by atoms with Crippen LogP contribution in [0.1, 0.15) is 6.92 Å². The van der Waals surface area contributed by atoms with Crippen LogP contribution in [0.2, 0.25) is 0 Å². The molecule has 0 N–H and O–H groups in total. The fourth-order valence-corrected chi connectivity index (χ4v) is 0.556. The zero-order valence-corrected chi connectivity index (χ0v) is 7.20. The highest BCUT2D eigenvalue weighted by atomic mass is 16.5. The van der Waals surface area contributed by atoms with Crippen molar-refractivity contribution in [2.45, 2.75) is 6.92 Å². The van der Waals surface area contributed by atoms with Gasteiger partial charge in [-0.2, -0.15) is 0 Å². The van der Waals surface area contributed by atoms with Gasteiger partial charge in [0.25, 0.3) is 0 Å². The van der Waals surface area contributed by atoms with Crippen LogP contribution in [-0.4, -0.2) is 14.2 Å². The first-order valence-electron chi connectivity index (χ1n) is 3.41. The SMILES string of the molecule is C/C=C(/C=C\C=C\OC)OC. The minimum Gasteiger partial charge on any atom is -0.504 e. The van der Waals surface area contributed by atoms with Gasteiger partial charge in [0.2, 0.25) is 0 Å². The first-order chi connectivity index (χ1) is 5.35. The van der Waals surface area contributed by atoms with Crippen molar-refractivity contribution in [3.63, 3.8) is 0 Å². The summed E-state index contributed by atoms with van der Waals surface area (Å²) in [6.45, 7) is 1.92. The lowest BCUT2D eigenvalue weighted by Gasteiger charge is -1.95. The fourth-order valence-electron chi connectivity index (χ4n) is 0.556. The average Bonchev–Trinajstić information content (AvgIpc) is 2.05. The van der Waals surface area contributed by atoms with Crippen LogP contribution in [0.15, 0.2) is 36.3 Å². The molecule has 11 heavy (non-hydrogen) atoms. The van der Waals surface area contributed by atoms with Gasteiger partial charge in [0.05, 0.1) is 20.5 Å². The van der Waals surface area contributed by atoms with Gasteiger partial charge >= 0.3 is 0 Å². The maximum atomic E-state index is 4.98. The Morgan fingerprint density at radius 1 is 1.18 bits per heavy atom. The van der Waals surface area contributed by atoms with Crippen molar-refractivity contribution in [1.29, 1.82) is 0 Å². The molecule has 0 fully saturated rings. The summed E-state index contributed by atoms with van der Waals surface area (Å²) < 4.78 is 9.68. The summed E-state index contributed by atoms with van der Waals surface area (Å²) in [5, 5.41) is 0. The molecule has 0 heterocycles. The maximum Gasteiger partial charge on any atom is 0.114 e. The van der Waals surface area contributed by atoms with Gasteiger partial charge in [-0.05, 0) is 25.2 Å². The highest BCUT2D eigenvalue weighted by molar-refractivity contribution is 5.15. The van der Waals surface area contributed by atoms with Gasteiger partial charge in [-0.15, -0.1) is 0 Å². The maximum absolute atomic E-state index is 4.98. The molecule has 2 nitrogen and oxygen atoms in total. The molecule has 0 aromatic heterocycles. The van der Waals surface area contributed by atoms with E-state index in [2.05, 4.69) is 0 Å². The molecule has 0 spiro atoms. The second kappa shape index (κ2) is 6.93. The molecular formula is C9H14O2. The Morgan fingerprint density at radius 3 is 2.36 bits per heavy atom. The molecule has 0 aliphatic carbocycles. The molecule has 0 saturated carbocycles. The van der Waals surface area contributed by atoms with Crippen LogP contribution in [0.25, 0.3) is 0 Å². The van der Waals surface area contributed by atoms with E-state index in [0.29, 0.717) is 0 Å². The third kappa shape index (κ3) is 5.27. The topological polar surface area (TPSA) is 18.5 Å². The van der Waals surface area contributed by atoms with Crippen molar-refractivity contribution in [2.75, 3.05) is 14.2 Å². The predicted molar refractivity (Wildman–Crippen MR) is 46.1 cm³/mol. The van der Waals surface area contributed by atoms with Gasteiger partial charge in [-0.25, -0.2) is 0 Å². The Labute approximate surface area is 67.8 Å². The molecule has 0 amide bonds. The number of ether oxygens (including phenoxy) is 2. The van der Waals surface area contributed by atoms with E-state index in [1.807, 2.05) is 25.2 Å². The molecule has 0 aromatic carbocycles. The molecule has 0 saturated heterocycles. The van der Waals surface area contributed by atoms with Crippen molar-refractivity contribution in [1.82, 2.24) is 0 Å². The smallest absolute Gasteiger partial charge is 0.114 e. The Kier molecular flexibility index (Phi) is 6.19. The molecule has 0 aliphatic heterocycles. The highest BCUT2D eigenvalue weighted by Gasteiger charge is 1.81. The van der Waals surface area contributed by atoms with Gasteiger partial charge in [0, 0.05) is 0 Å². The molecule has 0 radical (unpaired) electrons.